The Kier molecular flexibility index (Phi) is 5.93. The van der Waals surface area contributed by atoms with E-state index in [0.717, 1.165) is 48.0 Å². The molecular formula is C25H28N2O2. The van der Waals surface area contributed by atoms with Gasteiger partial charge in [0.05, 0.1) is 12.1 Å². The maximum Gasteiger partial charge on any atom is 0.241 e. The molecule has 2 N–H and O–H groups in total. The van der Waals surface area contributed by atoms with E-state index >= 15 is 0 Å². The number of carbonyl (C=O) groups is 1. The molecule has 0 radical (unpaired) electrons. The highest BCUT2D eigenvalue weighted by atomic mass is 16.3. The molecule has 1 heterocycles. The normalized spacial score (nSPS) is 17.7. The SMILES string of the molecule is CC(C(=O)Nc1ccc2ccccc2c1)N1CCC(C(O)c2ccccc2)CC1. The molecule has 2 unspecified atom stereocenters. The fraction of sp³-hybridized carbons (Fsp3) is 0.320. The number of aliphatic hydroxyl groups excluding tert-OH is 1. The Balaban J connectivity index is 1.33. The zero-order valence-electron chi connectivity index (χ0n) is 16.8. The molecule has 0 aromatic heterocycles. The van der Waals surface area contributed by atoms with Gasteiger partial charge in [-0.05, 0) is 67.2 Å². The lowest BCUT2D eigenvalue weighted by Crippen LogP contribution is -2.46. The van der Waals surface area contributed by atoms with E-state index in [1.807, 2.05) is 67.6 Å². The third-order valence-corrected chi connectivity index (χ3v) is 6.11. The van der Waals surface area contributed by atoms with Crippen molar-refractivity contribution in [1.82, 2.24) is 4.90 Å². The van der Waals surface area contributed by atoms with E-state index in [9.17, 15) is 9.90 Å². The Labute approximate surface area is 172 Å². The van der Waals surface area contributed by atoms with Crippen LogP contribution in [-0.2, 0) is 4.79 Å². The number of anilines is 1. The number of likely N-dealkylation sites (tertiary alicyclic amines) is 1. The second-order valence-electron chi connectivity index (χ2n) is 7.96. The quantitative estimate of drug-likeness (QED) is 0.671. The number of piperidine rings is 1. The predicted molar refractivity (Wildman–Crippen MR) is 118 cm³/mol. The Hall–Kier alpha value is -2.69. The van der Waals surface area contributed by atoms with Crippen molar-refractivity contribution in [2.24, 2.45) is 5.92 Å². The Bertz CT molecular complexity index is 965. The van der Waals surface area contributed by atoms with Crippen LogP contribution in [-0.4, -0.2) is 35.0 Å². The van der Waals surface area contributed by atoms with E-state index < -0.39 is 6.10 Å². The Morgan fingerprint density at radius 2 is 1.62 bits per heavy atom. The fourth-order valence-electron chi connectivity index (χ4n) is 4.22. The molecule has 1 aliphatic rings. The highest BCUT2D eigenvalue weighted by Gasteiger charge is 2.30. The number of nitrogens with zero attached hydrogens (tertiary/aromatic N) is 1. The van der Waals surface area contributed by atoms with Crippen molar-refractivity contribution in [2.45, 2.75) is 31.9 Å². The second-order valence-corrected chi connectivity index (χ2v) is 7.96. The maximum absolute atomic E-state index is 12.8. The van der Waals surface area contributed by atoms with Gasteiger partial charge >= 0.3 is 0 Å². The van der Waals surface area contributed by atoms with Gasteiger partial charge in [-0.15, -0.1) is 0 Å². The van der Waals surface area contributed by atoms with Crippen molar-refractivity contribution in [3.8, 4) is 0 Å². The Morgan fingerprint density at radius 1 is 0.966 bits per heavy atom. The molecule has 3 aromatic carbocycles. The molecule has 0 aliphatic carbocycles. The average molecular weight is 389 g/mol. The highest BCUT2D eigenvalue weighted by Crippen LogP contribution is 2.31. The van der Waals surface area contributed by atoms with Crippen molar-refractivity contribution >= 4 is 22.4 Å². The molecule has 0 bridgehead atoms. The highest BCUT2D eigenvalue weighted by molar-refractivity contribution is 5.97. The number of rotatable bonds is 5. The molecule has 0 spiro atoms. The van der Waals surface area contributed by atoms with Gasteiger partial charge in [0, 0.05) is 5.69 Å². The number of benzene rings is 3. The molecule has 1 aliphatic heterocycles. The van der Waals surface area contributed by atoms with Crippen LogP contribution in [0.5, 0.6) is 0 Å². The van der Waals surface area contributed by atoms with Gasteiger partial charge in [0.1, 0.15) is 0 Å². The van der Waals surface area contributed by atoms with Gasteiger partial charge in [0.2, 0.25) is 5.91 Å². The van der Waals surface area contributed by atoms with Gasteiger partial charge in [-0.25, -0.2) is 0 Å². The number of amides is 1. The van der Waals surface area contributed by atoms with Crippen molar-refractivity contribution < 1.29 is 9.90 Å². The number of hydrogen-bond acceptors (Lipinski definition) is 3. The molecule has 1 amide bonds. The lowest BCUT2D eigenvalue weighted by atomic mass is 9.87. The lowest BCUT2D eigenvalue weighted by Gasteiger charge is -2.37. The van der Waals surface area contributed by atoms with Gasteiger partial charge < -0.3 is 10.4 Å². The van der Waals surface area contributed by atoms with Gasteiger partial charge in [-0.1, -0.05) is 60.7 Å². The van der Waals surface area contributed by atoms with Gasteiger partial charge in [0.15, 0.2) is 0 Å². The summed E-state index contributed by atoms with van der Waals surface area (Å²) in [4.78, 5) is 15.0. The van der Waals surface area contributed by atoms with Crippen LogP contribution in [0, 0.1) is 5.92 Å². The summed E-state index contributed by atoms with van der Waals surface area (Å²) in [6.45, 7) is 3.60. The minimum Gasteiger partial charge on any atom is -0.388 e. The zero-order chi connectivity index (χ0) is 20.2. The molecule has 3 aromatic rings. The van der Waals surface area contributed by atoms with Crippen molar-refractivity contribution in [3.05, 3.63) is 78.4 Å². The van der Waals surface area contributed by atoms with Crippen LogP contribution < -0.4 is 5.32 Å². The zero-order valence-corrected chi connectivity index (χ0v) is 16.8. The van der Waals surface area contributed by atoms with E-state index in [2.05, 4.69) is 22.3 Å². The first-order valence-electron chi connectivity index (χ1n) is 10.4. The summed E-state index contributed by atoms with van der Waals surface area (Å²) in [5, 5.41) is 16.0. The number of nitrogens with one attached hydrogen (secondary N) is 1. The molecule has 4 rings (SSSR count). The van der Waals surface area contributed by atoms with Crippen LogP contribution in [0.15, 0.2) is 72.8 Å². The summed E-state index contributed by atoms with van der Waals surface area (Å²) in [6, 6.07) is 23.8. The predicted octanol–water partition coefficient (Wildman–Crippen LogP) is 4.61. The average Bonchev–Trinajstić information content (AvgIpc) is 2.78. The van der Waals surface area contributed by atoms with Crippen LogP contribution in [0.2, 0.25) is 0 Å². The van der Waals surface area contributed by atoms with E-state index in [1.165, 1.54) is 0 Å². The fourth-order valence-corrected chi connectivity index (χ4v) is 4.22. The maximum atomic E-state index is 12.8. The van der Waals surface area contributed by atoms with Gasteiger partial charge in [0.25, 0.3) is 0 Å². The lowest BCUT2D eigenvalue weighted by molar-refractivity contribution is -0.121. The van der Waals surface area contributed by atoms with E-state index in [-0.39, 0.29) is 17.9 Å². The van der Waals surface area contributed by atoms with Crippen LogP contribution in [0.25, 0.3) is 10.8 Å². The molecule has 1 fully saturated rings. The Morgan fingerprint density at radius 3 is 2.34 bits per heavy atom. The van der Waals surface area contributed by atoms with Gasteiger partial charge in [-0.3, -0.25) is 9.69 Å². The number of carbonyl (C=O) groups excluding carboxylic acids is 1. The summed E-state index contributed by atoms with van der Waals surface area (Å²) >= 11 is 0. The van der Waals surface area contributed by atoms with E-state index in [1.54, 1.807) is 0 Å². The van der Waals surface area contributed by atoms with Gasteiger partial charge in [-0.2, -0.15) is 0 Å². The van der Waals surface area contributed by atoms with E-state index in [4.69, 9.17) is 0 Å². The van der Waals surface area contributed by atoms with Crippen LogP contribution in [0.1, 0.15) is 31.4 Å². The van der Waals surface area contributed by atoms with Crippen LogP contribution >= 0.6 is 0 Å². The first-order valence-corrected chi connectivity index (χ1v) is 10.4. The monoisotopic (exact) mass is 388 g/mol. The second kappa shape index (κ2) is 8.76. The standard InChI is InChI=1S/C25H28N2O2/c1-18(25(29)26-23-12-11-19-7-5-6-10-22(19)17-23)27-15-13-21(14-16-27)24(28)20-8-3-2-4-9-20/h2-12,17-18,21,24,28H,13-16H2,1H3,(H,26,29). The number of fused-ring (bicyclic) bond motifs is 1. The molecular weight excluding hydrogens is 360 g/mol. The largest absolute Gasteiger partial charge is 0.388 e. The summed E-state index contributed by atoms with van der Waals surface area (Å²) in [7, 11) is 0. The third kappa shape index (κ3) is 4.50. The van der Waals surface area contributed by atoms with Crippen molar-refractivity contribution in [1.29, 1.82) is 0 Å². The molecule has 0 saturated carbocycles. The topological polar surface area (TPSA) is 52.6 Å². The minimum atomic E-state index is -0.430. The van der Waals surface area contributed by atoms with Crippen molar-refractivity contribution in [2.75, 3.05) is 18.4 Å². The number of aliphatic hydroxyl groups is 1. The minimum absolute atomic E-state index is 0.0161. The molecule has 1 saturated heterocycles. The molecule has 2 atom stereocenters. The van der Waals surface area contributed by atoms with Crippen LogP contribution in [0.4, 0.5) is 5.69 Å². The summed E-state index contributed by atoms with van der Waals surface area (Å²) in [5.74, 6) is 0.256. The van der Waals surface area contributed by atoms with E-state index in [0.29, 0.717) is 0 Å². The summed E-state index contributed by atoms with van der Waals surface area (Å²) in [5.41, 5.74) is 1.81. The summed E-state index contributed by atoms with van der Waals surface area (Å²) in [6.07, 6.45) is 1.35. The third-order valence-electron chi connectivity index (χ3n) is 6.11. The first-order chi connectivity index (χ1) is 14.1. The van der Waals surface area contributed by atoms with Crippen molar-refractivity contribution in [3.63, 3.8) is 0 Å². The molecule has 29 heavy (non-hydrogen) atoms. The van der Waals surface area contributed by atoms with Crippen LogP contribution in [0.3, 0.4) is 0 Å². The summed E-state index contributed by atoms with van der Waals surface area (Å²) < 4.78 is 0. The molecule has 150 valence electrons. The number of hydrogen-bond donors (Lipinski definition) is 2. The smallest absolute Gasteiger partial charge is 0.241 e. The first kappa shape index (κ1) is 19.6. The molecule has 4 nitrogen and oxygen atoms in total. The molecule has 4 heteroatoms.